The molecule has 0 aromatic carbocycles. The molecule has 1 aliphatic heterocycles. The molecule has 0 aromatic heterocycles. The summed E-state index contributed by atoms with van der Waals surface area (Å²) in [5.74, 6) is 0. The summed E-state index contributed by atoms with van der Waals surface area (Å²) in [5.41, 5.74) is 0. The van der Waals surface area contributed by atoms with Gasteiger partial charge >= 0.3 is 7.82 Å². The van der Waals surface area contributed by atoms with Crippen LogP contribution in [0, 0.1) is 0 Å². The van der Waals surface area contributed by atoms with Crippen LogP contribution in [0.15, 0.2) is 0 Å². The molecule has 0 aliphatic carbocycles. The third-order valence-corrected chi connectivity index (χ3v) is 2.87. The summed E-state index contributed by atoms with van der Waals surface area (Å²) in [6.07, 6.45) is 0. The maximum atomic E-state index is 11.3. The summed E-state index contributed by atoms with van der Waals surface area (Å²) >= 11 is 0. The smallest absolute Gasteiger partial charge is 0.307 e. The maximum Gasteiger partial charge on any atom is 0.474 e. The minimum absolute atomic E-state index is 0.360. The summed E-state index contributed by atoms with van der Waals surface area (Å²) in [4.78, 5) is 1.93. The van der Waals surface area contributed by atoms with E-state index < -0.39 is 7.82 Å². The van der Waals surface area contributed by atoms with Crippen molar-refractivity contribution in [1.29, 1.82) is 0 Å². The second kappa shape index (κ2) is 4.35. The summed E-state index contributed by atoms with van der Waals surface area (Å²) in [7, 11) is 0.672. The van der Waals surface area contributed by atoms with Crippen LogP contribution < -0.4 is 0 Å². The molecule has 0 bridgehead atoms. The Morgan fingerprint density at radius 3 is 2.50 bits per heavy atom. The van der Waals surface area contributed by atoms with E-state index >= 15 is 0 Å². The van der Waals surface area contributed by atoms with Crippen molar-refractivity contribution in [2.45, 2.75) is 0 Å². The molecule has 1 heterocycles. The normalized spacial score (nSPS) is 21.9. The van der Waals surface area contributed by atoms with Crippen LogP contribution in [-0.4, -0.2) is 45.4 Å². The summed E-state index contributed by atoms with van der Waals surface area (Å²) in [5, 5.41) is 0. The Kier molecular flexibility index (Phi) is 3.68. The highest BCUT2D eigenvalue weighted by molar-refractivity contribution is 7.48. The molecule has 0 radical (unpaired) electrons. The molecule has 0 saturated carbocycles. The monoisotopic (exact) mass is 195 g/mol. The van der Waals surface area contributed by atoms with Crippen molar-refractivity contribution < 1.29 is 18.1 Å². The average molecular weight is 195 g/mol. The molecule has 1 aliphatic rings. The maximum absolute atomic E-state index is 11.3. The quantitative estimate of drug-likeness (QED) is 0.618. The van der Waals surface area contributed by atoms with Gasteiger partial charge in [-0.15, -0.1) is 0 Å². The number of hydrogen-bond donors (Lipinski definition) is 0. The van der Waals surface area contributed by atoms with Crippen molar-refractivity contribution in [3.05, 3.63) is 0 Å². The summed E-state index contributed by atoms with van der Waals surface area (Å²) < 4.78 is 25.9. The number of likely N-dealkylation sites (N-methyl/N-ethyl adjacent to an activating group) is 1. The highest BCUT2D eigenvalue weighted by atomic mass is 31.2. The fourth-order valence-corrected chi connectivity index (χ4v) is 1.87. The number of phosphoric acid groups is 1. The molecule has 1 fully saturated rings. The van der Waals surface area contributed by atoms with Crippen molar-refractivity contribution in [2.24, 2.45) is 0 Å². The largest absolute Gasteiger partial charge is 0.474 e. The zero-order valence-corrected chi connectivity index (χ0v) is 8.25. The van der Waals surface area contributed by atoms with Gasteiger partial charge in [-0.1, -0.05) is 0 Å². The zero-order valence-electron chi connectivity index (χ0n) is 7.36. The van der Waals surface area contributed by atoms with Gasteiger partial charge in [0.15, 0.2) is 0 Å². The van der Waals surface area contributed by atoms with E-state index in [0.717, 1.165) is 0 Å². The molecule has 72 valence electrons. The van der Waals surface area contributed by atoms with Crippen LogP contribution in [0.1, 0.15) is 0 Å². The summed E-state index contributed by atoms with van der Waals surface area (Å²) in [6.45, 7) is 1.79. The Bertz CT molecular complexity index is 174. The third kappa shape index (κ3) is 3.21. The number of phosphoric ester groups is 1. The molecule has 12 heavy (non-hydrogen) atoms. The van der Waals surface area contributed by atoms with Gasteiger partial charge in [-0.05, 0) is 14.1 Å². The van der Waals surface area contributed by atoms with Gasteiger partial charge < -0.3 is 4.90 Å². The molecule has 0 N–H and O–H groups in total. The molecule has 6 heteroatoms. The standard InChI is InChI=1S/C6H14NO4P/c1-7(2)3-4-9-12(8)10-5-6-11-12/h3-6H2,1-2H3. The average Bonchev–Trinajstić information content (AvgIpc) is 2.35. The van der Waals surface area contributed by atoms with Gasteiger partial charge in [-0.25, -0.2) is 4.57 Å². The van der Waals surface area contributed by atoms with Crippen LogP contribution in [0.3, 0.4) is 0 Å². The van der Waals surface area contributed by atoms with Crippen LogP contribution in [0.4, 0.5) is 0 Å². The van der Waals surface area contributed by atoms with E-state index in [9.17, 15) is 4.57 Å². The lowest BCUT2D eigenvalue weighted by molar-refractivity contribution is 0.175. The predicted octanol–water partition coefficient (Wildman–Crippen LogP) is 0.719. The first kappa shape index (κ1) is 10.2. The van der Waals surface area contributed by atoms with Crippen molar-refractivity contribution in [3.63, 3.8) is 0 Å². The number of nitrogens with zero attached hydrogens (tertiary/aromatic N) is 1. The van der Waals surface area contributed by atoms with Crippen molar-refractivity contribution >= 4 is 7.82 Å². The lowest BCUT2D eigenvalue weighted by atomic mass is 10.6. The Labute approximate surface area is 72.2 Å². The Morgan fingerprint density at radius 1 is 1.42 bits per heavy atom. The molecule has 1 rings (SSSR count). The minimum atomic E-state index is -3.15. The van der Waals surface area contributed by atoms with E-state index in [1.165, 1.54) is 0 Å². The van der Waals surface area contributed by atoms with E-state index in [1.54, 1.807) is 0 Å². The molecular formula is C6H14NO4P. The van der Waals surface area contributed by atoms with Gasteiger partial charge in [0.25, 0.3) is 0 Å². The number of rotatable bonds is 4. The lowest BCUT2D eigenvalue weighted by Crippen LogP contribution is -2.17. The first-order valence-corrected chi connectivity index (χ1v) is 5.27. The molecule has 0 spiro atoms. The molecule has 0 aromatic rings. The second-order valence-electron chi connectivity index (χ2n) is 2.75. The Morgan fingerprint density at radius 2 is 2.00 bits per heavy atom. The predicted molar refractivity (Wildman–Crippen MR) is 44.0 cm³/mol. The Hall–Kier alpha value is 0.0700. The van der Waals surface area contributed by atoms with E-state index in [2.05, 4.69) is 0 Å². The molecule has 0 atom stereocenters. The second-order valence-corrected chi connectivity index (χ2v) is 4.42. The van der Waals surface area contributed by atoms with E-state index in [1.807, 2.05) is 19.0 Å². The molecule has 0 unspecified atom stereocenters. The number of hydrogen-bond acceptors (Lipinski definition) is 5. The zero-order chi connectivity index (χ0) is 9.03. The van der Waals surface area contributed by atoms with Crippen molar-refractivity contribution in [2.75, 3.05) is 40.5 Å². The molecule has 0 amide bonds. The summed E-state index contributed by atoms with van der Waals surface area (Å²) in [6, 6.07) is 0. The topological polar surface area (TPSA) is 48.0 Å². The SMILES string of the molecule is CN(C)CCOP1(=O)OCCO1. The molecule has 5 nitrogen and oxygen atoms in total. The Balaban J connectivity index is 2.17. The molecular weight excluding hydrogens is 181 g/mol. The van der Waals surface area contributed by atoms with Gasteiger partial charge in [0.05, 0.1) is 19.8 Å². The fraction of sp³-hybridized carbons (Fsp3) is 1.00. The fourth-order valence-electron chi connectivity index (χ4n) is 0.745. The van der Waals surface area contributed by atoms with E-state index in [4.69, 9.17) is 13.6 Å². The van der Waals surface area contributed by atoms with Crippen LogP contribution in [-0.2, 0) is 18.1 Å². The van der Waals surface area contributed by atoms with Gasteiger partial charge in [-0.2, -0.15) is 0 Å². The van der Waals surface area contributed by atoms with E-state index in [0.29, 0.717) is 26.4 Å². The first-order chi connectivity index (χ1) is 5.62. The van der Waals surface area contributed by atoms with E-state index in [-0.39, 0.29) is 0 Å². The highest BCUT2D eigenvalue weighted by Gasteiger charge is 2.31. The van der Waals surface area contributed by atoms with Crippen molar-refractivity contribution in [3.8, 4) is 0 Å². The van der Waals surface area contributed by atoms with Crippen molar-refractivity contribution in [1.82, 2.24) is 4.90 Å². The third-order valence-electron chi connectivity index (χ3n) is 1.37. The van der Waals surface area contributed by atoms with Gasteiger partial charge in [0.1, 0.15) is 0 Å². The van der Waals surface area contributed by atoms with Crippen LogP contribution in [0.25, 0.3) is 0 Å². The van der Waals surface area contributed by atoms with Gasteiger partial charge in [-0.3, -0.25) is 13.6 Å². The molecule has 1 saturated heterocycles. The van der Waals surface area contributed by atoms with Gasteiger partial charge in [0, 0.05) is 6.54 Å². The highest BCUT2D eigenvalue weighted by Crippen LogP contribution is 2.52. The first-order valence-electron chi connectivity index (χ1n) is 3.81. The van der Waals surface area contributed by atoms with Crippen LogP contribution in [0.2, 0.25) is 0 Å². The van der Waals surface area contributed by atoms with Crippen LogP contribution in [0.5, 0.6) is 0 Å². The minimum Gasteiger partial charge on any atom is -0.307 e. The van der Waals surface area contributed by atoms with Gasteiger partial charge in [0.2, 0.25) is 0 Å². The lowest BCUT2D eigenvalue weighted by Gasteiger charge is -2.12. The van der Waals surface area contributed by atoms with Crippen LogP contribution >= 0.6 is 7.82 Å².